The van der Waals surface area contributed by atoms with E-state index in [0.29, 0.717) is 24.9 Å². The lowest BCUT2D eigenvalue weighted by molar-refractivity contribution is -0.139. The molecule has 0 aromatic carbocycles. The number of hydrogen-bond donors (Lipinski definition) is 1. The van der Waals surface area contributed by atoms with Crippen molar-refractivity contribution >= 4 is 11.9 Å². The molecule has 0 aromatic heterocycles. The molecule has 20 heavy (non-hydrogen) atoms. The smallest absolute Gasteiger partial charge is 0.305 e. The maximum Gasteiger partial charge on any atom is 0.305 e. The molecule has 2 fully saturated rings. The van der Waals surface area contributed by atoms with Crippen LogP contribution in [0.4, 0.5) is 0 Å². The summed E-state index contributed by atoms with van der Waals surface area (Å²) in [6.07, 6.45) is 11.3. The first kappa shape index (κ1) is 15.3. The molecule has 2 aliphatic carbocycles. The molecule has 0 saturated heterocycles. The minimum atomic E-state index is -0.807. The number of nitrogens with zero attached hydrogens (tertiary/aromatic N) is 1. The van der Waals surface area contributed by atoms with Crippen LogP contribution in [0.3, 0.4) is 0 Å². The summed E-state index contributed by atoms with van der Waals surface area (Å²) in [4.78, 5) is 25.2. The van der Waals surface area contributed by atoms with Crippen LogP contribution in [0.25, 0.3) is 0 Å². The minimum absolute atomic E-state index is 0.0763. The quantitative estimate of drug-likeness (QED) is 0.813. The van der Waals surface area contributed by atoms with Crippen molar-refractivity contribution in [2.75, 3.05) is 6.54 Å². The first-order valence-electron chi connectivity index (χ1n) is 8.18. The number of carboxylic acids is 1. The highest BCUT2D eigenvalue weighted by atomic mass is 16.4. The Labute approximate surface area is 121 Å². The van der Waals surface area contributed by atoms with Gasteiger partial charge in [-0.2, -0.15) is 0 Å². The van der Waals surface area contributed by atoms with E-state index in [1.807, 2.05) is 4.90 Å². The summed E-state index contributed by atoms with van der Waals surface area (Å²) < 4.78 is 0. The number of carbonyl (C=O) groups excluding carboxylic acids is 1. The third kappa shape index (κ3) is 4.50. The van der Waals surface area contributed by atoms with Crippen LogP contribution >= 0.6 is 0 Å². The van der Waals surface area contributed by atoms with Crippen LogP contribution in [0.1, 0.15) is 70.6 Å². The molecule has 0 aromatic rings. The first-order chi connectivity index (χ1) is 9.66. The molecule has 0 aliphatic heterocycles. The second-order valence-corrected chi connectivity index (χ2v) is 6.38. The van der Waals surface area contributed by atoms with Crippen molar-refractivity contribution < 1.29 is 14.7 Å². The van der Waals surface area contributed by atoms with E-state index in [4.69, 9.17) is 5.11 Å². The highest BCUT2D eigenvalue weighted by molar-refractivity contribution is 5.77. The SMILES string of the molecule is O=C(O)CCN(C(=O)CC1CCCCC1)C1CCCC1. The second-order valence-electron chi connectivity index (χ2n) is 6.38. The van der Waals surface area contributed by atoms with E-state index in [-0.39, 0.29) is 12.3 Å². The Hall–Kier alpha value is -1.06. The fourth-order valence-corrected chi connectivity index (χ4v) is 3.70. The topological polar surface area (TPSA) is 57.6 Å². The number of rotatable bonds is 6. The third-order valence-electron chi connectivity index (χ3n) is 4.84. The summed E-state index contributed by atoms with van der Waals surface area (Å²) in [5.74, 6) is -0.0755. The zero-order chi connectivity index (χ0) is 14.4. The highest BCUT2D eigenvalue weighted by Gasteiger charge is 2.28. The molecule has 2 saturated carbocycles. The summed E-state index contributed by atoms with van der Waals surface area (Å²) in [7, 11) is 0. The van der Waals surface area contributed by atoms with Crippen LogP contribution in [0, 0.1) is 5.92 Å². The largest absolute Gasteiger partial charge is 0.481 e. The molecule has 0 unspecified atom stereocenters. The Balaban J connectivity index is 1.89. The molecule has 2 aliphatic rings. The Morgan fingerprint density at radius 1 is 0.950 bits per heavy atom. The van der Waals surface area contributed by atoms with E-state index in [2.05, 4.69) is 0 Å². The fraction of sp³-hybridized carbons (Fsp3) is 0.875. The zero-order valence-corrected chi connectivity index (χ0v) is 12.4. The molecule has 1 N–H and O–H groups in total. The third-order valence-corrected chi connectivity index (χ3v) is 4.84. The van der Waals surface area contributed by atoms with E-state index in [1.54, 1.807) is 0 Å². The van der Waals surface area contributed by atoms with Crippen molar-refractivity contribution in [3.8, 4) is 0 Å². The van der Waals surface area contributed by atoms with Gasteiger partial charge in [-0.3, -0.25) is 9.59 Å². The van der Waals surface area contributed by atoms with Gasteiger partial charge in [0.1, 0.15) is 0 Å². The molecular formula is C16H27NO3. The maximum atomic E-state index is 12.5. The predicted molar refractivity (Wildman–Crippen MR) is 77.4 cm³/mol. The van der Waals surface area contributed by atoms with Gasteiger partial charge in [0, 0.05) is 19.0 Å². The van der Waals surface area contributed by atoms with Crippen LogP contribution in [-0.4, -0.2) is 34.5 Å². The molecule has 114 valence electrons. The van der Waals surface area contributed by atoms with Gasteiger partial charge in [-0.1, -0.05) is 32.1 Å². The number of aliphatic carboxylic acids is 1. The molecule has 0 bridgehead atoms. The number of carboxylic acid groups (broad SMARTS) is 1. The van der Waals surface area contributed by atoms with E-state index in [0.717, 1.165) is 12.8 Å². The molecule has 4 nitrogen and oxygen atoms in total. The van der Waals surface area contributed by atoms with Gasteiger partial charge in [-0.15, -0.1) is 0 Å². The van der Waals surface area contributed by atoms with Crippen LogP contribution < -0.4 is 0 Å². The van der Waals surface area contributed by atoms with E-state index < -0.39 is 5.97 Å². The summed E-state index contributed by atoms with van der Waals surface area (Å²) >= 11 is 0. The van der Waals surface area contributed by atoms with Gasteiger partial charge in [0.15, 0.2) is 0 Å². The summed E-state index contributed by atoms with van der Waals surface area (Å²) in [6.45, 7) is 0.394. The zero-order valence-electron chi connectivity index (χ0n) is 12.4. The van der Waals surface area contributed by atoms with Gasteiger partial charge in [0.2, 0.25) is 5.91 Å². The fourth-order valence-electron chi connectivity index (χ4n) is 3.70. The first-order valence-corrected chi connectivity index (χ1v) is 8.18. The Bertz CT molecular complexity index is 331. The molecule has 4 heteroatoms. The lowest BCUT2D eigenvalue weighted by atomic mass is 9.86. The van der Waals surface area contributed by atoms with Gasteiger partial charge in [-0.25, -0.2) is 0 Å². The van der Waals surface area contributed by atoms with E-state index >= 15 is 0 Å². The van der Waals surface area contributed by atoms with E-state index in [1.165, 1.54) is 44.9 Å². The Morgan fingerprint density at radius 2 is 1.55 bits per heavy atom. The molecular weight excluding hydrogens is 254 g/mol. The Morgan fingerprint density at radius 3 is 2.15 bits per heavy atom. The molecule has 0 radical (unpaired) electrons. The van der Waals surface area contributed by atoms with Gasteiger partial charge in [0.25, 0.3) is 0 Å². The van der Waals surface area contributed by atoms with Crippen molar-refractivity contribution in [3.63, 3.8) is 0 Å². The second kappa shape index (κ2) is 7.65. The van der Waals surface area contributed by atoms with Crippen molar-refractivity contribution in [1.82, 2.24) is 4.90 Å². The lowest BCUT2D eigenvalue weighted by Gasteiger charge is -2.31. The predicted octanol–water partition coefficient (Wildman–Crippen LogP) is 3.20. The summed E-state index contributed by atoms with van der Waals surface area (Å²) in [5, 5.41) is 8.87. The Kier molecular flexibility index (Phi) is 5.86. The molecule has 2 rings (SSSR count). The maximum absolute atomic E-state index is 12.5. The van der Waals surface area contributed by atoms with Crippen molar-refractivity contribution in [2.24, 2.45) is 5.92 Å². The average molecular weight is 281 g/mol. The number of carbonyl (C=O) groups is 2. The van der Waals surface area contributed by atoms with Gasteiger partial charge >= 0.3 is 5.97 Å². The van der Waals surface area contributed by atoms with E-state index in [9.17, 15) is 9.59 Å². The normalized spacial score (nSPS) is 21.0. The molecule has 0 spiro atoms. The van der Waals surface area contributed by atoms with Crippen molar-refractivity contribution in [2.45, 2.75) is 76.7 Å². The number of amides is 1. The van der Waals surface area contributed by atoms with Gasteiger partial charge in [0.05, 0.1) is 6.42 Å². The molecule has 0 atom stereocenters. The molecule has 0 heterocycles. The van der Waals surface area contributed by atoms with Gasteiger partial charge < -0.3 is 10.0 Å². The monoisotopic (exact) mass is 281 g/mol. The highest BCUT2D eigenvalue weighted by Crippen LogP contribution is 2.29. The standard InChI is InChI=1S/C16H27NO3/c18-15(12-13-6-2-1-3-7-13)17(11-10-16(19)20)14-8-4-5-9-14/h13-14H,1-12H2,(H,19,20). The summed E-state index contributed by atoms with van der Waals surface area (Å²) in [6, 6.07) is 0.297. The summed E-state index contributed by atoms with van der Waals surface area (Å²) in [5.41, 5.74) is 0. The van der Waals surface area contributed by atoms with Crippen LogP contribution in [0.15, 0.2) is 0 Å². The average Bonchev–Trinajstić information content (AvgIpc) is 2.93. The van der Waals surface area contributed by atoms with Crippen molar-refractivity contribution in [3.05, 3.63) is 0 Å². The lowest BCUT2D eigenvalue weighted by Crippen LogP contribution is -2.41. The minimum Gasteiger partial charge on any atom is -0.481 e. The van der Waals surface area contributed by atoms with Crippen LogP contribution in [-0.2, 0) is 9.59 Å². The van der Waals surface area contributed by atoms with Crippen molar-refractivity contribution in [1.29, 1.82) is 0 Å². The van der Waals surface area contributed by atoms with Gasteiger partial charge in [-0.05, 0) is 31.6 Å². The van der Waals surface area contributed by atoms with Crippen LogP contribution in [0.5, 0.6) is 0 Å². The number of hydrogen-bond acceptors (Lipinski definition) is 2. The van der Waals surface area contributed by atoms with Crippen LogP contribution in [0.2, 0.25) is 0 Å². The molecule has 1 amide bonds.